The van der Waals surface area contributed by atoms with Gasteiger partial charge in [-0.1, -0.05) is 38.0 Å². The number of hydrogen-bond donors (Lipinski definition) is 2. The van der Waals surface area contributed by atoms with Crippen LogP contribution in [0.15, 0.2) is 23.1 Å². The zero-order chi connectivity index (χ0) is 25.8. The Hall–Kier alpha value is -2.12. The van der Waals surface area contributed by atoms with Gasteiger partial charge in [-0.15, -0.1) is 0 Å². The van der Waals surface area contributed by atoms with Crippen molar-refractivity contribution < 1.29 is 28.2 Å². The molecule has 4 atom stereocenters. The summed E-state index contributed by atoms with van der Waals surface area (Å²) < 4.78 is 34.7. The highest BCUT2D eigenvalue weighted by Crippen LogP contribution is 2.34. The third-order valence-electron chi connectivity index (χ3n) is 6.88. The van der Waals surface area contributed by atoms with Crippen molar-refractivity contribution in [3.05, 3.63) is 23.8 Å². The standard InChI is InChI=1S/C26H38N2O6S/c1-18-15-28(19(2)17-29)35(32,33)25-13-12-21(11-10-20(3)30)14-23(25)34-24(18)16-27(4)26(31)22-8-6-5-7-9-22/h12-14,18-20,22,24,29-30H,5-9,15-17H2,1-4H3/t18-,19-,20+,24-/m0/s1. The molecule has 1 aromatic carbocycles. The van der Waals surface area contributed by atoms with Gasteiger partial charge in [-0.25, -0.2) is 8.42 Å². The van der Waals surface area contributed by atoms with Crippen molar-refractivity contribution >= 4 is 15.9 Å². The van der Waals surface area contributed by atoms with Crippen LogP contribution in [0.2, 0.25) is 0 Å². The van der Waals surface area contributed by atoms with E-state index in [1.807, 2.05) is 6.92 Å². The summed E-state index contributed by atoms with van der Waals surface area (Å²) in [6.45, 7) is 5.28. The van der Waals surface area contributed by atoms with Gasteiger partial charge in [0.2, 0.25) is 15.9 Å². The predicted molar refractivity (Wildman–Crippen MR) is 133 cm³/mol. The van der Waals surface area contributed by atoms with Gasteiger partial charge in [-0.05, 0) is 44.9 Å². The van der Waals surface area contributed by atoms with Crippen LogP contribution in [0.1, 0.15) is 58.4 Å². The first-order valence-corrected chi connectivity index (χ1v) is 13.9. The van der Waals surface area contributed by atoms with Crippen molar-refractivity contribution in [2.75, 3.05) is 26.7 Å². The topological polar surface area (TPSA) is 107 Å². The van der Waals surface area contributed by atoms with Gasteiger partial charge in [-0.2, -0.15) is 4.31 Å². The van der Waals surface area contributed by atoms with E-state index < -0.39 is 28.3 Å². The highest BCUT2D eigenvalue weighted by Gasteiger charge is 2.38. The summed E-state index contributed by atoms with van der Waals surface area (Å²) in [5, 5.41) is 19.3. The number of aliphatic hydroxyl groups is 2. The fraction of sp³-hybridized carbons (Fsp3) is 0.654. The van der Waals surface area contributed by atoms with Gasteiger partial charge in [0.25, 0.3) is 0 Å². The summed E-state index contributed by atoms with van der Waals surface area (Å²) in [4.78, 5) is 14.8. The fourth-order valence-electron chi connectivity index (χ4n) is 4.73. The maximum atomic E-state index is 13.5. The third kappa shape index (κ3) is 6.56. The van der Waals surface area contributed by atoms with E-state index in [9.17, 15) is 23.4 Å². The average Bonchev–Trinajstić information content (AvgIpc) is 2.84. The molecule has 1 saturated carbocycles. The van der Waals surface area contributed by atoms with Gasteiger partial charge < -0.3 is 19.8 Å². The molecule has 0 bridgehead atoms. The van der Waals surface area contributed by atoms with Crippen molar-refractivity contribution in [3.63, 3.8) is 0 Å². The summed E-state index contributed by atoms with van der Waals surface area (Å²) >= 11 is 0. The predicted octanol–water partition coefficient (Wildman–Crippen LogP) is 2.23. The number of amides is 1. The number of sulfonamides is 1. The largest absolute Gasteiger partial charge is 0.487 e. The zero-order valence-electron chi connectivity index (χ0n) is 21.1. The molecule has 8 nitrogen and oxygen atoms in total. The van der Waals surface area contributed by atoms with Crippen molar-refractivity contribution in [1.82, 2.24) is 9.21 Å². The van der Waals surface area contributed by atoms with Crippen molar-refractivity contribution in [2.45, 2.75) is 76.0 Å². The summed E-state index contributed by atoms with van der Waals surface area (Å²) in [6.07, 6.45) is 3.81. The fourth-order valence-corrected chi connectivity index (χ4v) is 6.56. The molecule has 3 rings (SSSR count). The van der Waals surface area contributed by atoms with Crippen molar-refractivity contribution in [3.8, 4) is 17.6 Å². The Morgan fingerprint density at radius 3 is 2.57 bits per heavy atom. The Balaban J connectivity index is 1.97. The molecule has 1 aromatic rings. The SMILES string of the molecule is C[C@@H](O)C#Cc1ccc2c(c1)O[C@@H](CN(C)C(=O)C1CCCCC1)[C@@H](C)CN([C@@H](C)CO)S2(=O)=O. The first-order chi connectivity index (χ1) is 16.5. The lowest BCUT2D eigenvalue weighted by Crippen LogP contribution is -2.50. The Bertz CT molecular complexity index is 1060. The number of aliphatic hydroxyl groups excluding tert-OH is 2. The second-order valence-corrected chi connectivity index (χ2v) is 11.8. The molecule has 0 radical (unpaired) electrons. The normalized spacial score (nSPS) is 24.5. The van der Waals surface area contributed by atoms with Crippen LogP contribution >= 0.6 is 0 Å². The molecule has 1 aliphatic carbocycles. The van der Waals surface area contributed by atoms with Crippen LogP contribution in [0.5, 0.6) is 5.75 Å². The van der Waals surface area contributed by atoms with Gasteiger partial charge in [0.1, 0.15) is 22.9 Å². The first kappa shape index (κ1) is 27.5. The number of rotatable bonds is 5. The molecular formula is C26H38N2O6S. The summed E-state index contributed by atoms with van der Waals surface area (Å²) in [5.74, 6) is 5.54. The minimum absolute atomic E-state index is 0.00134. The molecule has 1 amide bonds. The molecule has 0 spiro atoms. The lowest BCUT2D eigenvalue weighted by molar-refractivity contribution is -0.136. The maximum absolute atomic E-state index is 13.5. The van der Waals surface area contributed by atoms with E-state index >= 15 is 0 Å². The number of likely N-dealkylation sites (N-methyl/N-ethyl adjacent to an activating group) is 1. The molecule has 0 saturated heterocycles. The highest BCUT2D eigenvalue weighted by molar-refractivity contribution is 7.89. The molecule has 0 aromatic heterocycles. The van der Waals surface area contributed by atoms with E-state index in [-0.39, 0.29) is 41.5 Å². The van der Waals surface area contributed by atoms with E-state index in [0.29, 0.717) is 12.1 Å². The van der Waals surface area contributed by atoms with Gasteiger partial charge >= 0.3 is 0 Å². The lowest BCUT2D eigenvalue weighted by atomic mass is 9.88. The Kier molecular flexibility index (Phi) is 9.22. The van der Waals surface area contributed by atoms with Crippen molar-refractivity contribution in [2.24, 2.45) is 11.8 Å². The smallest absolute Gasteiger partial charge is 0.247 e. The number of carbonyl (C=O) groups excluding carboxylic acids is 1. The molecule has 35 heavy (non-hydrogen) atoms. The molecule has 1 heterocycles. The van der Waals surface area contributed by atoms with E-state index in [0.717, 1.165) is 25.7 Å². The minimum atomic E-state index is -3.95. The van der Waals surface area contributed by atoms with Crippen LogP contribution in [0.25, 0.3) is 0 Å². The summed E-state index contributed by atoms with van der Waals surface area (Å²) in [7, 11) is -2.17. The number of hydrogen-bond acceptors (Lipinski definition) is 6. The second-order valence-electron chi connectivity index (χ2n) is 9.90. The van der Waals surface area contributed by atoms with Crippen LogP contribution in [-0.4, -0.2) is 78.7 Å². The summed E-state index contributed by atoms with van der Waals surface area (Å²) in [5.41, 5.74) is 0.514. The number of nitrogens with zero attached hydrogens (tertiary/aromatic N) is 2. The number of carbonyl (C=O) groups is 1. The van der Waals surface area contributed by atoms with Crippen molar-refractivity contribution in [1.29, 1.82) is 0 Å². The van der Waals surface area contributed by atoms with Gasteiger partial charge in [0.05, 0.1) is 13.2 Å². The van der Waals surface area contributed by atoms with Crippen LogP contribution in [0.4, 0.5) is 0 Å². The van der Waals surface area contributed by atoms with Gasteiger partial charge in [-0.3, -0.25) is 4.79 Å². The Morgan fingerprint density at radius 1 is 1.26 bits per heavy atom. The second kappa shape index (κ2) is 11.7. The van der Waals surface area contributed by atoms with Gasteiger partial charge in [0.15, 0.2) is 0 Å². The van der Waals surface area contributed by atoms with E-state index in [4.69, 9.17) is 4.74 Å². The van der Waals surface area contributed by atoms with E-state index in [1.54, 1.807) is 37.9 Å². The molecule has 194 valence electrons. The minimum Gasteiger partial charge on any atom is -0.487 e. The zero-order valence-corrected chi connectivity index (χ0v) is 21.9. The summed E-state index contributed by atoms with van der Waals surface area (Å²) in [6, 6.07) is 3.98. The molecule has 2 N–H and O–H groups in total. The van der Waals surface area contributed by atoms with Crippen LogP contribution in [0, 0.1) is 23.7 Å². The quantitative estimate of drug-likeness (QED) is 0.593. The average molecular weight is 507 g/mol. The van der Waals surface area contributed by atoms with E-state index in [2.05, 4.69) is 11.8 Å². The lowest BCUT2D eigenvalue weighted by Gasteiger charge is -2.38. The molecule has 1 fully saturated rings. The van der Waals surface area contributed by atoms with Crippen LogP contribution in [-0.2, 0) is 14.8 Å². The van der Waals surface area contributed by atoms with E-state index in [1.165, 1.54) is 16.8 Å². The molecule has 1 aliphatic heterocycles. The molecule has 2 aliphatic rings. The number of benzene rings is 1. The highest BCUT2D eigenvalue weighted by atomic mass is 32.2. The number of ether oxygens (including phenoxy) is 1. The molecular weight excluding hydrogens is 468 g/mol. The van der Waals surface area contributed by atoms with Gasteiger partial charge in [0, 0.05) is 37.0 Å². The van der Waals surface area contributed by atoms with Crippen LogP contribution in [0.3, 0.4) is 0 Å². The third-order valence-corrected chi connectivity index (χ3v) is 8.90. The van der Waals surface area contributed by atoms with Crippen LogP contribution < -0.4 is 4.74 Å². The Labute approximate surface area is 209 Å². The Morgan fingerprint density at radius 2 is 1.94 bits per heavy atom. The monoisotopic (exact) mass is 506 g/mol. The first-order valence-electron chi connectivity index (χ1n) is 12.4. The molecule has 9 heteroatoms. The number of fused-ring (bicyclic) bond motifs is 1. The maximum Gasteiger partial charge on any atom is 0.247 e. The molecule has 0 unspecified atom stereocenters.